The molecule has 0 saturated carbocycles. The van der Waals surface area contributed by atoms with Crippen LogP contribution < -0.4 is 20.7 Å². The van der Waals surface area contributed by atoms with Crippen LogP contribution in [-0.2, 0) is 13.0 Å². The van der Waals surface area contributed by atoms with Gasteiger partial charge in [-0.2, -0.15) is 0 Å². The van der Waals surface area contributed by atoms with Gasteiger partial charge in [-0.1, -0.05) is 0 Å². The van der Waals surface area contributed by atoms with Gasteiger partial charge in [-0.05, 0) is 29.7 Å². The summed E-state index contributed by atoms with van der Waals surface area (Å²) in [6, 6.07) is 3.60. The molecule has 0 fully saturated rings. The smallest absolute Gasteiger partial charge is 0.331 e. The fourth-order valence-corrected chi connectivity index (χ4v) is 2.15. The van der Waals surface area contributed by atoms with E-state index >= 15 is 0 Å². The normalized spacial score (nSPS) is 13.8. The molecular weight excluding hydrogens is 234 g/mol. The van der Waals surface area contributed by atoms with Gasteiger partial charge >= 0.3 is 6.03 Å². The minimum atomic E-state index is -0.268. The van der Waals surface area contributed by atoms with Crippen molar-refractivity contribution in [3.63, 3.8) is 0 Å². The first-order chi connectivity index (χ1) is 8.69. The SMILES string of the molecule is COc1cc2c(cc1OC)CN(C(=O)NN)CC2. The highest BCUT2D eigenvalue weighted by Crippen LogP contribution is 2.33. The summed E-state index contributed by atoms with van der Waals surface area (Å²) in [6.45, 7) is 1.17. The molecule has 1 heterocycles. The van der Waals surface area contributed by atoms with Crippen LogP contribution in [0.25, 0.3) is 0 Å². The summed E-state index contributed by atoms with van der Waals surface area (Å²) in [7, 11) is 3.21. The van der Waals surface area contributed by atoms with Crippen molar-refractivity contribution in [2.75, 3.05) is 20.8 Å². The fraction of sp³-hybridized carbons (Fsp3) is 0.417. The van der Waals surface area contributed by atoms with Crippen molar-refractivity contribution < 1.29 is 14.3 Å². The lowest BCUT2D eigenvalue weighted by atomic mass is 9.99. The molecular formula is C12H17N3O3. The van der Waals surface area contributed by atoms with Crippen LogP contribution in [0.2, 0.25) is 0 Å². The predicted molar refractivity (Wildman–Crippen MR) is 66.4 cm³/mol. The molecule has 0 radical (unpaired) electrons. The van der Waals surface area contributed by atoms with Gasteiger partial charge in [0.1, 0.15) is 0 Å². The molecule has 1 aliphatic rings. The summed E-state index contributed by atoms with van der Waals surface area (Å²) >= 11 is 0. The molecule has 0 aromatic heterocycles. The third kappa shape index (κ3) is 2.19. The molecule has 0 spiro atoms. The lowest BCUT2D eigenvalue weighted by molar-refractivity contribution is 0.192. The first kappa shape index (κ1) is 12.5. The monoisotopic (exact) mass is 251 g/mol. The van der Waals surface area contributed by atoms with E-state index in [9.17, 15) is 4.79 Å². The molecule has 3 N–H and O–H groups in total. The lowest BCUT2D eigenvalue weighted by Gasteiger charge is -2.29. The van der Waals surface area contributed by atoms with Crippen LogP contribution in [0.1, 0.15) is 11.1 Å². The van der Waals surface area contributed by atoms with Crippen molar-refractivity contribution >= 4 is 6.03 Å². The number of hydrogen-bond acceptors (Lipinski definition) is 4. The number of urea groups is 1. The number of nitrogens with zero attached hydrogens (tertiary/aromatic N) is 1. The maximum Gasteiger partial charge on any atom is 0.331 e. The summed E-state index contributed by atoms with van der Waals surface area (Å²) in [4.78, 5) is 13.1. The molecule has 1 aromatic rings. The standard InChI is InChI=1S/C12H17N3O3/c1-17-10-5-8-3-4-15(12(16)14-13)7-9(8)6-11(10)18-2/h5-6H,3-4,7,13H2,1-2H3,(H,14,16). The Morgan fingerprint density at radius 1 is 1.28 bits per heavy atom. The molecule has 6 heteroatoms. The third-order valence-corrected chi connectivity index (χ3v) is 3.13. The van der Waals surface area contributed by atoms with Crippen molar-refractivity contribution in [3.05, 3.63) is 23.3 Å². The van der Waals surface area contributed by atoms with Crippen molar-refractivity contribution in [2.24, 2.45) is 5.84 Å². The quantitative estimate of drug-likeness (QED) is 0.459. The number of carbonyl (C=O) groups excluding carboxylic acids is 1. The molecule has 2 amide bonds. The van der Waals surface area contributed by atoms with Crippen molar-refractivity contribution in [2.45, 2.75) is 13.0 Å². The van der Waals surface area contributed by atoms with E-state index in [-0.39, 0.29) is 6.03 Å². The van der Waals surface area contributed by atoms with Gasteiger partial charge in [-0.15, -0.1) is 0 Å². The number of amides is 2. The Morgan fingerprint density at radius 3 is 2.44 bits per heavy atom. The summed E-state index contributed by atoms with van der Waals surface area (Å²) in [5.41, 5.74) is 4.38. The van der Waals surface area contributed by atoms with E-state index in [1.807, 2.05) is 12.1 Å². The Balaban J connectivity index is 2.29. The Bertz CT molecular complexity index is 462. The second kappa shape index (κ2) is 5.14. The number of rotatable bonds is 2. The highest BCUT2D eigenvalue weighted by molar-refractivity contribution is 5.74. The van der Waals surface area contributed by atoms with Crippen molar-refractivity contribution in [3.8, 4) is 11.5 Å². The Hall–Kier alpha value is -1.95. The second-order valence-corrected chi connectivity index (χ2v) is 4.10. The Labute approximate surface area is 106 Å². The van der Waals surface area contributed by atoms with Crippen LogP contribution in [0.15, 0.2) is 12.1 Å². The maximum atomic E-state index is 11.5. The maximum absolute atomic E-state index is 11.5. The summed E-state index contributed by atoms with van der Waals surface area (Å²) in [6.07, 6.45) is 0.781. The van der Waals surface area contributed by atoms with Crippen LogP contribution in [0.4, 0.5) is 4.79 Å². The predicted octanol–water partition coefficient (Wildman–Crippen LogP) is 0.645. The van der Waals surface area contributed by atoms with E-state index in [4.69, 9.17) is 15.3 Å². The average molecular weight is 251 g/mol. The lowest BCUT2D eigenvalue weighted by Crippen LogP contribution is -2.45. The van der Waals surface area contributed by atoms with E-state index in [0.717, 1.165) is 12.0 Å². The van der Waals surface area contributed by atoms with Gasteiger partial charge in [0, 0.05) is 13.1 Å². The van der Waals surface area contributed by atoms with Gasteiger partial charge in [0.05, 0.1) is 14.2 Å². The van der Waals surface area contributed by atoms with E-state index in [0.29, 0.717) is 24.6 Å². The molecule has 0 aliphatic carbocycles. The van der Waals surface area contributed by atoms with E-state index in [1.54, 1.807) is 19.1 Å². The molecule has 0 bridgehead atoms. The number of hydrogen-bond donors (Lipinski definition) is 2. The molecule has 1 aliphatic heterocycles. The minimum Gasteiger partial charge on any atom is -0.493 e. The molecule has 1 aromatic carbocycles. The van der Waals surface area contributed by atoms with Crippen LogP contribution in [0.5, 0.6) is 11.5 Å². The van der Waals surface area contributed by atoms with Crippen molar-refractivity contribution in [1.29, 1.82) is 0 Å². The molecule has 2 rings (SSSR count). The number of fused-ring (bicyclic) bond motifs is 1. The summed E-state index contributed by atoms with van der Waals surface area (Å²) < 4.78 is 10.5. The highest BCUT2D eigenvalue weighted by atomic mass is 16.5. The number of benzene rings is 1. The van der Waals surface area contributed by atoms with Gasteiger partial charge < -0.3 is 14.4 Å². The molecule has 0 saturated heterocycles. The topological polar surface area (TPSA) is 76.8 Å². The van der Waals surface area contributed by atoms with Crippen LogP contribution in [-0.4, -0.2) is 31.7 Å². The summed E-state index contributed by atoms with van der Waals surface area (Å²) in [5.74, 6) is 6.53. The van der Waals surface area contributed by atoms with Gasteiger partial charge in [0.25, 0.3) is 0 Å². The van der Waals surface area contributed by atoms with Crippen LogP contribution in [0.3, 0.4) is 0 Å². The van der Waals surface area contributed by atoms with Crippen LogP contribution in [0, 0.1) is 0 Å². The zero-order valence-corrected chi connectivity index (χ0v) is 10.5. The highest BCUT2D eigenvalue weighted by Gasteiger charge is 2.22. The second-order valence-electron chi connectivity index (χ2n) is 4.10. The molecule has 6 nitrogen and oxygen atoms in total. The van der Waals surface area contributed by atoms with E-state index < -0.39 is 0 Å². The zero-order chi connectivity index (χ0) is 13.1. The van der Waals surface area contributed by atoms with Gasteiger partial charge in [0.2, 0.25) is 0 Å². The number of methoxy groups -OCH3 is 2. The average Bonchev–Trinajstić information content (AvgIpc) is 2.44. The molecule has 0 unspecified atom stereocenters. The van der Waals surface area contributed by atoms with Gasteiger partial charge in [-0.25, -0.2) is 10.6 Å². The number of ether oxygens (including phenoxy) is 2. The van der Waals surface area contributed by atoms with Crippen LogP contribution >= 0.6 is 0 Å². The largest absolute Gasteiger partial charge is 0.493 e. The number of hydrazine groups is 1. The van der Waals surface area contributed by atoms with Gasteiger partial charge in [-0.3, -0.25) is 5.43 Å². The molecule has 98 valence electrons. The summed E-state index contributed by atoms with van der Waals surface area (Å²) in [5, 5.41) is 0. The third-order valence-electron chi connectivity index (χ3n) is 3.13. The van der Waals surface area contributed by atoms with Gasteiger partial charge in [0.15, 0.2) is 11.5 Å². The first-order valence-electron chi connectivity index (χ1n) is 5.69. The zero-order valence-electron chi connectivity index (χ0n) is 10.5. The number of nitrogens with two attached hydrogens (primary N) is 1. The van der Waals surface area contributed by atoms with E-state index in [2.05, 4.69) is 5.43 Å². The molecule has 0 atom stereocenters. The number of carbonyl (C=O) groups is 1. The first-order valence-corrected chi connectivity index (χ1v) is 5.69. The Morgan fingerprint density at radius 2 is 1.89 bits per heavy atom. The minimum absolute atomic E-state index is 0.268. The number of nitrogens with one attached hydrogen (secondary N) is 1. The van der Waals surface area contributed by atoms with E-state index in [1.165, 1.54) is 5.56 Å². The van der Waals surface area contributed by atoms with Crippen molar-refractivity contribution in [1.82, 2.24) is 10.3 Å². The Kier molecular flexibility index (Phi) is 3.57. The molecule has 18 heavy (non-hydrogen) atoms. The fourth-order valence-electron chi connectivity index (χ4n) is 2.15.